The minimum Gasteiger partial charge on any atom is -0.491 e. The van der Waals surface area contributed by atoms with Crippen LogP contribution in [0.4, 0.5) is 4.39 Å². The van der Waals surface area contributed by atoms with Gasteiger partial charge < -0.3 is 19.3 Å². The van der Waals surface area contributed by atoms with Crippen LogP contribution in [0.2, 0.25) is 0 Å². The maximum absolute atomic E-state index is 13.5. The Morgan fingerprint density at radius 2 is 2.13 bits per heavy atom. The molecule has 0 saturated heterocycles. The Balaban J connectivity index is 1.76. The van der Waals surface area contributed by atoms with Gasteiger partial charge in [0, 0.05) is 37.1 Å². The number of rotatable bonds is 9. The van der Waals surface area contributed by atoms with Crippen molar-refractivity contribution in [3.8, 4) is 5.75 Å². The molecule has 31 heavy (non-hydrogen) atoms. The Labute approximate surface area is 186 Å². The van der Waals surface area contributed by atoms with Crippen molar-refractivity contribution in [1.82, 2.24) is 9.80 Å². The van der Waals surface area contributed by atoms with Crippen LogP contribution in [0.15, 0.2) is 35.7 Å². The highest BCUT2D eigenvalue weighted by molar-refractivity contribution is 7.10. The van der Waals surface area contributed by atoms with Crippen LogP contribution in [0.5, 0.6) is 5.75 Å². The van der Waals surface area contributed by atoms with E-state index in [2.05, 4.69) is 0 Å². The molecule has 1 atom stereocenters. The summed E-state index contributed by atoms with van der Waals surface area (Å²) in [6, 6.07) is 7.71. The van der Waals surface area contributed by atoms with E-state index in [4.69, 9.17) is 9.47 Å². The quantitative estimate of drug-likeness (QED) is 0.589. The van der Waals surface area contributed by atoms with E-state index >= 15 is 0 Å². The average molecular weight is 449 g/mol. The molecule has 0 N–H and O–H groups in total. The highest BCUT2D eigenvalue weighted by Gasteiger charge is 2.33. The normalized spacial score (nSPS) is 15.6. The fourth-order valence-corrected chi connectivity index (χ4v) is 4.62. The SMILES string of the molecule is COCCN(CC(=O)N1CCc2sccc2C1COc1cccc(F)c1)C(=O)C(C)C. The minimum atomic E-state index is -0.369. The molecule has 3 rings (SSSR count). The number of halogens is 1. The van der Waals surface area contributed by atoms with Gasteiger partial charge in [-0.2, -0.15) is 0 Å². The number of carbonyl (C=O) groups is 2. The molecule has 2 aromatic rings. The molecular weight excluding hydrogens is 419 g/mol. The highest BCUT2D eigenvalue weighted by atomic mass is 32.1. The van der Waals surface area contributed by atoms with Crippen LogP contribution in [0.3, 0.4) is 0 Å². The molecule has 1 aliphatic rings. The number of ether oxygens (including phenoxy) is 2. The van der Waals surface area contributed by atoms with Crippen molar-refractivity contribution in [1.29, 1.82) is 0 Å². The van der Waals surface area contributed by atoms with Crippen LogP contribution in [0.25, 0.3) is 0 Å². The molecule has 2 heterocycles. The summed E-state index contributed by atoms with van der Waals surface area (Å²) in [6.07, 6.45) is 0.769. The van der Waals surface area contributed by atoms with Crippen molar-refractivity contribution in [3.05, 3.63) is 52.0 Å². The van der Waals surface area contributed by atoms with Crippen molar-refractivity contribution in [3.63, 3.8) is 0 Å². The van der Waals surface area contributed by atoms with Crippen molar-refractivity contribution < 1.29 is 23.5 Å². The van der Waals surface area contributed by atoms with Crippen LogP contribution in [-0.2, 0) is 20.7 Å². The van der Waals surface area contributed by atoms with Gasteiger partial charge in [-0.1, -0.05) is 19.9 Å². The van der Waals surface area contributed by atoms with E-state index in [1.165, 1.54) is 17.0 Å². The van der Waals surface area contributed by atoms with Gasteiger partial charge in [0.15, 0.2) is 0 Å². The zero-order valence-electron chi connectivity index (χ0n) is 18.2. The average Bonchev–Trinajstić information content (AvgIpc) is 3.23. The van der Waals surface area contributed by atoms with Crippen LogP contribution >= 0.6 is 11.3 Å². The lowest BCUT2D eigenvalue weighted by Crippen LogP contribution is -2.49. The van der Waals surface area contributed by atoms with Gasteiger partial charge in [-0.25, -0.2) is 4.39 Å². The molecule has 0 fully saturated rings. The Hall–Kier alpha value is -2.45. The van der Waals surface area contributed by atoms with Gasteiger partial charge in [0.05, 0.1) is 19.2 Å². The predicted molar refractivity (Wildman–Crippen MR) is 118 cm³/mol. The van der Waals surface area contributed by atoms with Crippen LogP contribution in [0, 0.1) is 11.7 Å². The summed E-state index contributed by atoms with van der Waals surface area (Å²) in [5, 5.41) is 2.01. The molecule has 8 heteroatoms. The third-order valence-corrected chi connectivity index (χ3v) is 6.31. The molecule has 6 nitrogen and oxygen atoms in total. The van der Waals surface area contributed by atoms with Crippen molar-refractivity contribution in [2.24, 2.45) is 5.92 Å². The number of carbonyl (C=O) groups excluding carboxylic acids is 2. The third kappa shape index (κ3) is 5.83. The first-order valence-corrected chi connectivity index (χ1v) is 11.3. The monoisotopic (exact) mass is 448 g/mol. The number of fused-ring (bicyclic) bond motifs is 1. The molecule has 0 radical (unpaired) electrons. The lowest BCUT2D eigenvalue weighted by atomic mass is 10.0. The van der Waals surface area contributed by atoms with Gasteiger partial charge in [0.25, 0.3) is 0 Å². The summed E-state index contributed by atoms with van der Waals surface area (Å²) in [7, 11) is 1.57. The molecule has 1 aliphatic heterocycles. The predicted octanol–water partition coefficient (Wildman–Crippen LogP) is 3.52. The Bertz CT molecular complexity index is 901. The van der Waals surface area contributed by atoms with Crippen molar-refractivity contribution >= 4 is 23.2 Å². The maximum atomic E-state index is 13.5. The molecule has 0 saturated carbocycles. The number of hydrogen-bond donors (Lipinski definition) is 0. The molecular formula is C23H29FN2O4S. The largest absolute Gasteiger partial charge is 0.491 e. The number of hydrogen-bond acceptors (Lipinski definition) is 5. The number of thiophene rings is 1. The highest BCUT2D eigenvalue weighted by Crippen LogP contribution is 2.34. The zero-order chi connectivity index (χ0) is 22.4. The minimum absolute atomic E-state index is 0.00366. The van der Waals surface area contributed by atoms with E-state index in [1.807, 2.05) is 25.3 Å². The van der Waals surface area contributed by atoms with Crippen molar-refractivity contribution in [2.75, 3.05) is 40.0 Å². The standard InChI is InChI=1S/C23H29FN2O4S/c1-16(2)23(28)25(10-11-29-3)14-22(27)26-9-7-21-19(8-12-31-21)20(26)15-30-18-6-4-5-17(24)13-18/h4-6,8,12-13,16,20H,7,9-11,14-15H2,1-3H3. The van der Waals surface area contributed by atoms with Gasteiger partial charge in [-0.15, -0.1) is 11.3 Å². The molecule has 0 aliphatic carbocycles. The molecule has 1 aromatic carbocycles. The lowest BCUT2D eigenvalue weighted by Gasteiger charge is -2.37. The summed E-state index contributed by atoms with van der Waals surface area (Å²) in [6.45, 7) is 5.14. The summed E-state index contributed by atoms with van der Waals surface area (Å²) < 4.78 is 24.5. The molecule has 168 valence electrons. The van der Waals surface area contributed by atoms with E-state index in [9.17, 15) is 14.0 Å². The van der Waals surface area contributed by atoms with Gasteiger partial charge in [0.1, 0.15) is 18.2 Å². The maximum Gasteiger partial charge on any atom is 0.242 e. The van der Waals surface area contributed by atoms with E-state index in [0.717, 1.165) is 12.0 Å². The molecule has 0 bridgehead atoms. The van der Waals surface area contributed by atoms with E-state index in [1.54, 1.807) is 40.4 Å². The number of methoxy groups -OCH3 is 1. The topological polar surface area (TPSA) is 59.1 Å². The van der Waals surface area contributed by atoms with E-state index in [0.29, 0.717) is 25.4 Å². The number of amides is 2. The molecule has 1 unspecified atom stereocenters. The Morgan fingerprint density at radius 3 is 2.84 bits per heavy atom. The second kappa shape index (κ2) is 10.7. The van der Waals surface area contributed by atoms with Gasteiger partial charge in [-0.05, 0) is 35.6 Å². The smallest absolute Gasteiger partial charge is 0.242 e. The second-order valence-corrected chi connectivity index (χ2v) is 8.83. The second-order valence-electron chi connectivity index (χ2n) is 7.83. The fraction of sp³-hybridized carbons (Fsp3) is 0.478. The van der Waals surface area contributed by atoms with Crippen LogP contribution in [0.1, 0.15) is 30.3 Å². The Morgan fingerprint density at radius 1 is 1.32 bits per heavy atom. The van der Waals surface area contributed by atoms with Gasteiger partial charge in [-0.3, -0.25) is 9.59 Å². The summed E-state index contributed by atoms with van der Waals surface area (Å²) in [4.78, 5) is 30.4. The molecule has 2 amide bonds. The van der Waals surface area contributed by atoms with Gasteiger partial charge >= 0.3 is 0 Å². The zero-order valence-corrected chi connectivity index (χ0v) is 19.0. The van der Waals surface area contributed by atoms with E-state index < -0.39 is 0 Å². The first-order chi connectivity index (χ1) is 14.9. The molecule has 0 spiro atoms. The lowest BCUT2D eigenvalue weighted by molar-refractivity contribution is -0.144. The summed E-state index contributed by atoms with van der Waals surface area (Å²) in [5.41, 5.74) is 1.06. The van der Waals surface area contributed by atoms with Crippen LogP contribution in [-0.4, -0.2) is 61.6 Å². The van der Waals surface area contributed by atoms with Crippen molar-refractivity contribution in [2.45, 2.75) is 26.3 Å². The Kier molecular flexibility index (Phi) is 8.03. The number of benzene rings is 1. The van der Waals surface area contributed by atoms with Gasteiger partial charge in [0.2, 0.25) is 11.8 Å². The number of nitrogens with zero attached hydrogens (tertiary/aromatic N) is 2. The van der Waals surface area contributed by atoms with E-state index in [-0.39, 0.29) is 42.7 Å². The summed E-state index contributed by atoms with van der Waals surface area (Å²) >= 11 is 1.67. The third-order valence-electron chi connectivity index (χ3n) is 5.32. The fourth-order valence-electron chi connectivity index (χ4n) is 3.69. The van der Waals surface area contributed by atoms with Crippen LogP contribution < -0.4 is 4.74 Å². The first kappa shape index (κ1) is 23.2. The molecule has 1 aromatic heterocycles. The summed E-state index contributed by atoms with van der Waals surface area (Å²) in [5.74, 6) is -0.361. The first-order valence-electron chi connectivity index (χ1n) is 10.4.